The van der Waals surface area contributed by atoms with Crippen molar-refractivity contribution in [3.8, 4) is 0 Å². The summed E-state index contributed by atoms with van der Waals surface area (Å²) < 4.78 is 22.0. The molecule has 9 heteroatoms. The van der Waals surface area contributed by atoms with Crippen LogP contribution in [0.1, 0.15) is 59.7 Å². The Hall–Kier alpha value is -3.17. The fourth-order valence-electron chi connectivity index (χ4n) is 4.22. The van der Waals surface area contributed by atoms with Gasteiger partial charge in [-0.1, -0.05) is 6.08 Å². The normalized spacial score (nSPS) is 16.8. The van der Waals surface area contributed by atoms with E-state index in [9.17, 15) is 9.18 Å². The maximum Gasteiger partial charge on any atom is 0.272 e. The molecule has 174 valence electrons. The number of aryl methyl sites for hydroxylation is 1. The third kappa shape index (κ3) is 4.94. The molecule has 4 rings (SSSR count). The van der Waals surface area contributed by atoms with Gasteiger partial charge in [-0.2, -0.15) is 0 Å². The first-order valence-corrected chi connectivity index (χ1v) is 11.2. The van der Waals surface area contributed by atoms with Crippen molar-refractivity contribution in [3.05, 3.63) is 59.1 Å². The molecule has 0 saturated carbocycles. The number of carbonyl (C=O) groups is 1. The summed E-state index contributed by atoms with van der Waals surface area (Å²) in [7, 11) is 3.69. The van der Waals surface area contributed by atoms with Gasteiger partial charge >= 0.3 is 0 Å². The summed E-state index contributed by atoms with van der Waals surface area (Å²) in [4.78, 5) is 26.1. The van der Waals surface area contributed by atoms with E-state index in [1.54, 1.807) is 0 Å². The summed E-state index contributed by atoms with van der Waals surface area (Å²) in [5.41, 5.74) is 3.68. The van der Waals surface area contributed by atoms with Gasteiger partial charge in [0.1, 0.15) is 29.6 Å². The average molecular weight is 453 g/mol. The Morgan fingerprint density at radius 3 is 2.88 bits per heavy atom. The van der Waals surface area contributed by atoms with Gasteiger partial charge in [-0.3, -0.25) is 4.79 Å². The van der Waals surface area contributed by atoms with Gasteiger partial charge in [0.25, 0.3) is 5.91 Å². The van der Waals surface area contributed by atoms with E-state index in [4.69, 9.17) is 4.74 Å². The number of rotatable bonds is 7. The molecule has 1 atom stereocenters. The first-order valence-electron chi connectivity index (χ1n) is 11.2. The summed E-state index contributed by atoms with van der Waals surface area (Å²) in [6, 6.07) is 4.80. The molecule has 1 aliphatic heterocycles. The second kappa shape index (κ2) is 10.2. The van der Waals surface area contributed by atoms with E-state index in [0.717, 1.165) is 36.2 Å². The maximum atomic E-state index is 14.2. The molecule has 1 aromatic carbocycles. The van der Waals surface area contributed by atoms with Crippen molar-refractivity contribution in [2.75, 3.05) is 20.2 Å². The molecule has 1 aliphatic rings. The molecule has 0 spiro atoms. The number of fused-ring (bicyclic) bond motifs is 1. The first-order chi connectivity index (χ1) is 16.0. The monoisotopic (exact) mass is 452 g/mol. The highest BCUT2D eigenvalue weighted by Crippen LogP contribution is 2.29. The number of hydrogen-bond donors (Lipinski definition) is 2. The lowest BCUT2D eigenvalue weighted by Crippen LogP contribution is -2.25. The minimum absolute atomic E-state index is 0.113. The van der Waals surface area contributed by atoms with Gasteiger partial charge in [0.2, 0.25) is 0 Å². The molecule has 1 amide bonds. The number of carbonyl (C=O) groups excluding carboxylic acids is 1. The van der Waals surface area contributed by atoms with Crippen molar-refractivity contribution < 1.29 is 13.9 Å². The molecule has 3 aromatic rings. The number of hydrogen-bond acceptors (Lipinski definition) is 6. The summed E-state index contributed by atoms with van der Waals surface area (Å²) in [6.45, 7) is 3.41. The van der Waals surface area contributed by atoms with Crippen LogP contribution in [0.2, 0.25) is 0 Å². The predicted molar refractivity (Wildman–Crippen MR) is 124 cm³/mol. The number of halogens is 1. The zero-order valence-electron chi connectivity index (χ0n) is 19.2. The van der Waals surface area contributed by atoms with Gasteiger partial charge in [0.05, 0.1) is 0 Å². The zero-order chi connectivity index (χ0) is 23.4. The molecular formula is C24H29FN6O2. The van der Waals surface area contributed by atoms with E-state index in [1.165, 1.54) is 18.5 Å². The van der Waals surface area contributed by atoms with E-state index in [0.29, 0.717) is 29.9 Å². The molecule has 2 aromatic heterocycles. The summed E-state index contributed by atoms with van der Waals surface area (Å²) in [6.07, 6.45) is 6.17. The van der Waals surface area contributed by atoms with E-state index in [1.807, 2.05) is 37.7 Å². The third-order valence-electron chi connectivity index (χ3n) is 5.88. The molecule has 0 radical (unpaired) electrons. The topological polar surface area (TPSA) is 94.0 Å². The predicted octanol–water partition coefficient (Wildman–Crippen LogP) is 3.30. The lowest BCUT2D eigenvalue weighted by Gasteiger charge is -2.21. The van der Waals surface area contributed by atoms with Crippen LogP contribution in [0.25, 0.3) is 16.7 Å². The summed E-state index contributed by atoms with van der Waals surface area (Å²) >= 11 is 0. The quantitative estimate of drug-likeness (QED) is 0.571. The number of nitrogens with zero attached hydrogens (tertiary/aromatic N) is 4. The Balaban J connectivity index is 1.56. The van der Waals surface area contributed by atoms with E-state index in [-0.39, 0.29) is 30.1 Å². The highest BCUT2D eigenvalue weighted by molar-refractivity contribution is 6.02. The Morgan fingerprint density at radius 1 is 1.30 bits per heavy atom. The Kier molecular flexibility index (Phi) is 7.10. The van der Waals surface area contributed by atoms with Crippen LogP contribution in [0.4, 0.5) is 4.39 Å². The molecule has 2 N–H and O–H groups in total. The number of ether oxygens (including phenoxy) is 1. The van der Waals surface area contributed by atoms with Crippen LogP contribution in [0.3, 0.4) is 0 Å². The van der Waals surface area contributed by atoms with Crippen molar-refractivity contribution in [1.82, 2.24) is 30.2 Å². The lowest BCUT2D eigenvalue weighted by molar-refractivity contribution is 0.00815. The number of benzene rings is 1. The highest BCUT2D eigenvalue weighted by Gasteiger charge is 2.25. The van der Waals surface area contributed by atoms with Crippen LogP contribution >= 0.6 is 0 Å². The minimum atomic E-state index is -0.367. The molecule has 3 heterocycles. The molecular weight excluding hydrogens is 423 g/mol. The molecule has 33 heavy (non-hydrogen) atoms. The Labute approximate surface area is 192 Å². The fraction of sp³-hybridized carbons (Fsp3) is 0.417. The summed E-state index contributed by atoms with van der Waals surface area (Å²) in [5, 5.41) is 5.95. The van der Waals surface area contributed by atoms with Crippen molar-refractivity contribution in [2.45, 2.75) is 38.8 Å². The van der Waals surface area contributed by atoms with E-state index >= 15 is 0 Å². The van der Waals surface area contributed by atoms with Crippen LogP contribution in [-0.4, -0.2) is 45.6 Å². The van der Waals surface area contributed by atoms with Gasteiger partial charge < -0.3 is 19.9 Å². The van der Waals surface area contributed by atoms with Gasteiger partial charge in [0.15, 0.2) is 11.3 Å². The molecule has 0 bridgehead atoms. The standard InChI is InChI=1S/C24H29FN6O2/c1-4-16(13-26-2)17-9-15(10-18(25)11-17)12-27-24(32)20-21-22(29-14-28-20)30-23(31(21)3)19-7-5-6-8-33-19/h4,9-11,14,19,26H,5-8,12-13H2,1-3H3,(H,27,32)/b16-4+. The van der Waals surface area contributed by atoms with Crippen LogP contribution in [0, 0.1) is 5.82 Å². The smallest absolute Gasteiger partial charge is 0.272 e. The number of allylic oxidation sites excluding steroid dienone is 1. The Morgan fingerprint density at radius 2 is 2.15 bits per heavy atom. The SMILES string of the molecule is C/C=C(\CNC)c1cc(F)cc(CNC(=O)c2ncnc3nc(C4CCCCO4)n(C)c23)c1. The molecule has 0 aliphatic carbocycles. The Bertz CT molecular complexity index is 1180. The first kappa shape index (κ1) is 23.0. The van der Waals surface area contributed by atoms with Gasteiger partial charge in [-0.15, -0.1) is 0 Å². The fourth-order valence-corrected chi connectivity index (χ4v) is 4.22. The zero-order valence-corrected chi connectivity index (χ0v) is 19.2. The van der Waals surface area contributed by atoms with Crippen LogP contribution in [0.5, 0.6) is 0 Å². The largest absolute Gasteiger partial charge is 0.370 e. The summed E-state index contributed by atoms with van der Waals surface area (Å²) in [5.74, 6) is 0.0339. The molecule has 8 nitrogen and oxygen atoms in total. The van der Waals surface area contributed by atoms with Crippen LogP contribution in [0.15, 0.2) is 30.6 Å². The van der Waals surface area contributed by atoms with Gasteiger partial charge in [0, 0.05) is 26.7 Å². The third-order valence-corrected chi connectivity index (χ3v) is 5.88. The van der Waals surface area contributed by atoms with Crippen LogP contribution < -0.4 is 10.6 Å². The van der Waals surface area contributed by atoms with Crippen molar-refractivity contribution in [2.24, 2.45) is 7.05 Å². The number of nitrogens with one attached hydrogen (secondary N) is 2. The number of likely N-dealkylation sites (N-methyl/N-ethyl adjacent to an activating group) is 1. The number of aromatic nitrogens is 4. The van der Waals surface area contributed by atoms with Gasteiger partial charge in [-0.25, -0.2) is 19.3 Å². The number of amides is 1. The lowest BCUT2D eigenvalue weighted by atomic mass is 10.0. The van der Waals surface area contributed by atoms with E-state index in [2.05, 4.69) is 25.6 Å². The maximum absolute atomic E-state index is 14.2. The second-order valence-electron chi connectivity index (χ2n) is 8.15. The van der Waals surface area contributed by atoms with Crippen LogP contribution in [-0.2, 0) is 18.3 Å². The van der Waals surface area contributed by atoms with Crippen molar-refractivity contribution in [3.63, 3.8) is 0 Å². The average Bonchev–Trinajstić information content (AvgIpc) is 3.17. The number of imidazole rings is 1. The second-order valence-corrected chi connectivity index (χ2v) is 8.15. The van der Waals surface area contributed by atoms with Crippen molar-refractivity contribution >= 4 is 22.6 Å². The van der Waals surface area contributed by atoms with Gasteiger partial charge in [-0.05, 0) is 68.1 Å². The molecule has 1 unspecified atom stereocenters. The molecule has 1 fully saturated rings. The highest BCUT2D eigenvalue weighted by atomic mass is 19.1. The minimum Gasteiger partial charge on any atom is -0.370 e. The van der Waals surface area contributed by atoms with Crippen molar-refractivity contribution in [1.29, 1.82) is 0 Å². The molecule has 1 saturated heterocycles. The van der Waals surface area contributed by atoms with E-state index < -0.39 is 0 Å².